The molecule has 8 rings (SSSR count). The number of hydrogen-bond acceptors (Lipinski definition) is 2. The van der Waals surface area contributed by atoms with Gasteiger partial charge in [-0.1, -0.05) is 178 Å². The zero-order valence-electron chi connectivity index (χ0n) is 35.7. The highest BCUT2D eigenvalue weighted by molar-refractivity contribution is 5.78. The van der Waals surface area contributed by atoms with Crippen LogP contribution in [-0.2, 0) is 12.8 Å². The third kappa shape index (κ3) is 9.24. The molecule has 0 spiro atoms. The lowest BCUT2D eigenvalue weighted by Gasteiger charge is -2.34. The predicted octanol–water partition coefficient (Wildman–Crippen LogP) is 15.6. The fourth-order valence-electron chi connectivity index (χ4n) is 8.89. The maximum Gasteiger partial charge on any atom is 0.0522 e. The van der Waals surface area contributed by atoms with Crippen molar-refractivity contribution < 1.29 is 0 Å². The minimum atomic E-state index is 0.427. The second kappa shape index (κ2) is 19.1. The van der Waals surface area contributed by atoms with Crippen molar-refractivity contribution in [2.45, 2.75) is 59.8 Å². The van der Waals surface area contributed by atoms with E-state index in [2.05, 4.69) is 238 Å². The van der Waals surface area contributed by atoms with Gasteiger partial charge < -0.3 is 9.80 Å². The van der Waals surface area contributed by atoms with E-state index in [1.165, 1.54) is 73.1 Å². The van der Waals surface area contributed by atoms with Gasteiger partial charge >= 0.3 is 0 Å². The number of allylic oxidation sites excluding steroid dienone is 11. The number of anilines is 4. The van der Waals surface area contributed by atoms with Crippen molar-refractivity contribution in [2.75, 3.05) is 9.80 Å². The van der Waals surface area contributed by atoms with E-state index < -0.39 is 0 Å². The van der Waals surface area contributed by atoms with Gasteiger partial charge in [-0.2, -0.15) is 0 Å². The third-order valence-electron chi connectivity index (χ3n) is 12.3. The number of benzene rings is 5. The Bertz CT molecular complexity index is 2500. The Kier molecular flexibility index (Phi) is 12.9. The maximum atomic E-state index is 2.49. The Labute approximate surface area is 359 Å². The molecule has 5 aromatic rings. The monoisotopic (exact) mass is 782 g/mol. The minimum absolute atomic E-state index is 0.427. The molecular weight excluding hydrogens is 725 g/mol. The molecule has 3 aliphatic carbocycles. The van der Waals surface area contributed by atoms with Crippen LogP contribution in [0.2, 0.25) is 0 Å². The van der Waals surface area contributed by atoms with Gasteiger partial charge in [0.05, 0.1) is 11.4 Å². The Morgan fingerprint density at radius 1 is 0.500 bits per heavy atom. The first-order chi connectivity index (χ1) is 29.5. The number of aryl methyl sites for hydroxylation is 4. The van der Waals surface area contributed by atoms with Gasteiger partial charge in [-0.05, 0) is 139 Å². The summed E-state index contributed by atoms with van der Waals surface area (Å²) >= 11 is 0. The summed E-state index contributed by atoms with van der Waals surface area (Å²) in [6.45, 7) is 9.02. The molecule has 5 aromatic carbocycles. The standard InChI is InChI=1S/C58H58N2/c1-5-49-21-13-15-43(3)57(49)59(53-35-27-47(28-36-53)25-23-45-17-9-7-10-18-45)55-39-31-51(32-40-55)52-33-41-56(42-34-52)60(58-44(4)16-14-22-50(58)6-2)54-37-29-48(30-38-54)26-24-46-19-11-8-12-20-46/h7-19,21-31,33,35-42,46,51-52H,5-6,20,32,34H2,1-4H3/b25-23-,26-24-. The molecule has 0 amide bonds. The van der Waals surface area contributed by atoms with E-state index in [0.717, 1.165) is 32.1 Å². The van der Waals surface area contributed by atoms with Gasteiger partial charge in [-0.3, -0.25) is 0 Å². The lowest BCUT2D eigenvalue weighted by atomic mass is 9.81. The first-order valence-electron chi connectivity index (χ1n) is 22.0. The van der Waals surface area contributed by atoms with E-state index >= 15 is 0 Å². The Morgan fingerprint density at radius 3 is 1.45 bits per heavy atom. The van der Waals surface area contributed by atoms with Gasteiger partial charge in [0.2, 0.25) is 0 Å². The fraction of sp³-hybridized carbons (Fsp3) is 0.207. The molecule has 60 heavy (non-hydrogen) atoms. The highest BCUT2D eigenvalue weighted by Crippen LogP contribution is 2.42. The van der Waals surface area contributed by atoms with Gasteiger partial charge in [-0.25, -0.2) is 0 Å². The second-order valence-electron chi connectivity index (χ2n) is 16.3. The summed E-state index contributed by atoms with van der Waals surface area (Å²) < 4.78 is 0. The average molecular weight is 783 g/mol. The van der Waals surface area contributed by atoms with Crippen molar-refractivity contribution in [1.29, 1.82) is 0 Å². The van der Waals surface area contributed by atoms with Crippen LogP contribution < -0.4 is 9.80 Å². The van der Waals surface area contributed by atoms with Crippen LogP contribution in [-0.4, -0.2) is 0 Å². The molecule has 0 aromatic heterocycles. The smallest absolute Gasteiger partial charge is 0.0522 e. The first-order valence-corrected chi connectivity index (χ1v) is 22.0. The molecule has 0 aliphatic heterocycles. The summed E-state index contributed by atoms with van der Waals surface area (Å²) in [5.74, 6) is 1.32. The lowest BCUT2D eigenvalue weighted by Crippen LogP contribution is -2.23. The summed E-state index contributed by atoms with van der Waals surface area (Å²) in [6, 6.07) is 42.1. The van der Waals surface area contributed by atoms with Gasteiger partial charge in [0.15, 0.2) is 0 Å². The minimum Gasteiger partial charge on any atom is -0.310 e. The quantitative estimate of drug-likeness (QED) is 0.110. The van der Waals surface area contributed by atoms with Gasteiger partial charge in [-0.15, -0.1) is 0 Å². The molecule has 2 nitrogen and oxygen atoms in total. The van der Waals surface area contributed by atoms with E-state index in [-0.39, 0.29) is 0 Å². The van der Waals surface area contributed by atoms with Crippen molar-refractivity contribution in [3.05, 3.63) is 232 Å². The molecule has 0 radical (unpaired) electrons. The number of para-hydroxylation sites is 2. The summed E-state index contributed by atoms with van der Waals surface area (Å²) in [6.07, 6.45) is 37.4. The normalized spacial score (nSPS) is 18.6. The summed E-state index contributed by atoms with van der Waals surface area (Å²) in [4.78, 5) is 4.98. The largest absolute Gasteiger partial charge is 0.310 e. The number of rotatable bonds is 13. The molecule has 300 valence electrons. The molecule has 3 atom stereocenters. The van der Waals surface area contributed by atoms with Gasteiger partial charge in [0.25, 0.3) is 0 Å². The zero-order valence-corrected chi connectivity index (χ0v) is 35.7. The lowest BCUT2D eigenvalue weighted by molar-refractivity contribution is 0.474. The molecule has 0 bridgehead atoms. The fourth-order valence-corrected chi connectivity index (χ4v) is 8.89. The van der Waals surface area contributed by atoms with Crippen LogP contribution in [0.15, 0.2) is 193 Å². The Hall–Kier alpha value is -6.38. The highest BCUT2D eigenvalue weighted by Gasteiger charge is 2.26. The van der Waals surface area contributed by atoms with Crippen LogP contribution in [0.1, 0.15) is 72.1 Å². The second-order valence-corrected chi connectivity index (χ2v) is 16.3. The van der Waals surface area contributed by atoms with Crippen LogP contribution in [0.5, 0.6) is 0 Å². The molecular formula is C58H58N2. The van der Waals surface area contributed by atoms with Crippen LogP contribution in [0.3, 0.4) is 0 Å². The highest BCUT2D eigenvalue weighted by atomic mass is 15.2. The van der Waals surface area contributed by atoms with E-state index in [1.807, 2.05) is 0 Å². The summed E-state index contributed by atoms with van der Waals surface area (Å²) in [5, 5.41) is 0. The van der Waals surface area contributed by atoms with Gasteiger partial charge in [0, 0.05) is 22.8 Å². The van der Waals surface area contributed by atoms with Crippen molar-refractivity contribution in [2.24, 2.45) is 17.8 Å². The third-order valence-corrected chi connectivity index (χ3v) is 12.3. The molecule has 0 fully saturated rings. The van der Waals surface area contributed by atoms with E-state index in [9.17, 15) is 0 Å². The van der Waals surface area contributed by atoms with E-state index in [4.69, 9.17) is 0 Å². The maximum absolute atomic E-state index is 2.49. The van der Waals surface area contributed by atoms with Gasteiger partial charge in [0.1, 0.15) is 0 Å². The summed E-state index contributed by atoms with van der Waals surface area (Å²) in [5.41, 5.74) is 16.4. The Morgan fingerprint density at radius 2 is 1.00 bits per heavy atom. The van der Waals surface area contributed by atoms with E-state index in [0.29, 0.717) is 17.8 Å². The van der Waals surface area contributed by atoms with Crippen molar-refractivity contribution >= 4 is 41.0 Å². The Balaban J connectivity index is 1.02. The first kappa shape index (κ1) is 40.4. The SMILES string of the molecule is CCc1cccc(C)c1N(C1=CCC(C2C=CC(N(c3ccc(/C=C\C4C=CC=CC4)cc3)c3c(C)cccc3CC)=CC2)C=C1)c1ccc(/C=C\c2ccccc2)cc1. The molecule has 0 saturated heterocycles. The number of hydrogen-bond donors (Lipinski definition) is 0. The molecule has 0 saturated carbocycles. The molecule has 0 N–H and O–H groups in total. The van der Waals surface area contributed by atoms with Crippen molar-refractivity contribution in [3.63, 3.8) is 0 Å². The molecule has 0 heterocycles. The number of nitrogens with zero attached hydrogens (tertiary/aromatic N) is 2. The molecule has 3 aliphatic rings. The van der Waals surface area contributed by atoms with Crippen LogP contribution in [0.4, 0.5) is 22.7 Å². The van der Waals surface area contributed by atoms with Crippen molar-refractivity contribution in [3.8, 4) is 0 Å². The zero-order chi connectivity index (χ0) is 41.3. The van der Waals surface area contributed by atoms with Crippen LogP contribution in [0.25, 0.3) is 18.2 Å². The molecule has 2 heteroatoms. The van der Waals surface area contributed by atoms with E-state index in [1.54, 1.807) is 0 Å². The summed E-state index contributed by atoms with van der Waals surface area (Å²) in [7, 11) is 0. The van der Waals surface area contributed by atoms with Crippen LogP contribution in [0, 0.1) is 31.6 Å². The average Bonchev–Trinajstić information content (AvgIpc) is 3.30. The topological polar surface area (TPSA) is 6.48 Å². The predicted molar refractivity (Wildman–Crippen MR) is 260 cm³/mol. The van der Waals surface area contributed by atoms with Crippen LogP contribution >= 0.6 is 0 Å². The molecule has 3 unspecified atom stereocenters. The van der Waals surface area contributed by atoms with Crippen molar-refractivity contribution in [1.82, 2.24) is 0 Å².